The van der Waals surface area contributed by atoms with Crippen molar-refractivity contribution in [1.82, 2.24) is 0 Å². The molecular formula is C25H21NO5S. The van der Waals surface area contributed by atoms with Crippen molar-refractivity contribution in [2.24, 2.45) is 0 Å². The van der Waals surface area contributed by atoms with Crippen LogP contribution in [0.3, 0.4) is 0 Å². The SMILES string of the molecule is Cc1ccc(C)c(S(=O)(=O)c2cc3cc(C(=O)Nc4ccccc4C)ccc3oc2=O)c1. The molecule has 1 aromatic heterocycles. The molecule has 0 atom stereocenters. The van der Waals surface area contributed by atoms with Gasteiger partial charge in [0.15, 0.2) is 4.90 Å². The largest absolute Gasteiger partial charge is 0.422 e. The molecule has 1 amide bonds. The number of aryl methyl sites for hydroxylation is 3. The first kappa shape index (κ1) is 21.5. The molecule has 0 spiro atoms. The summed E-state index contributed by atoms with van der Waals surface area (Å²) in [7, 11) is -4.11. The average Bonchev–Trinajstić information content (AvgIpc) is 2.76. The van der Waals surface area contributed by atoms with Crippen LogP contribution in [0.4, 0.5) is 5.69 Å². The second-order valence-corrected chi connectivity index (χ2v) is 9.58. The van der Waals surface area contributed by atoms with E-state index < -0.39 is 20.4 Å². The van der Waals surface area contributed by atoms with Gasteiger partial charge in [0.05, 0.1) is 4.90 Å². The third-order valence-corrected chi connectivity index (χ3v) is 7.16. The molecule has 0 radical (unpaired) electrons. The van der Waals surface area contributed by atoms with Gasteiger partial charge in [0.25, 0.3) is 5.91 Å². The molecule has 0 fully saturated rings. The Bertz CT molecular complexity index is 1530. The molecule has 0 bridgehead atoms. The Labute approximate surface area is 185 Å². The van der Waals surface area contributed by atoms with Crippen LogP contribution in [0.15, 0.2) is 85.7 Å². The molecule has 0 saturated carbocycles. The van der Waals surface area contributed by atoms with Gasteiger partial charge in [0.1, 0.15) is 5.58 Å². The van der Waals surface area contributed by atoms with E-state index in [0.29, 0.717) is 22.2 Å². The summed E-state index contributed by atoms with van der Waals surface area (Å²) in [6.07, 6.45) is 0. The highest BCUT2D eigenvalue weighted by Crippen LogP contribution is 2.26. The Balaban J connectivity index is 1.79. The molecule has 0 saturated heterocycles. The number of benzene rings is 3. The first-order valence-electron chi connectivity index (χ1n) is 9.94. The van der Waals surface area contributed by atoms with Gasteiger partial charge in [-0.25, -0.2) is 13.2 Å². The third-order valence-electron chi connectivity index (χ3n) is 5.28. The van der Waals surface area contributed by atoms with Gasteiger partial charge in [-0.3, -0.25) is 4.79 Å². The number of amides is 1. The van der Waals surface area contributed by atoms with Crippen LogP contribution in [0.2, 0.25) is 0 Å². The Kier molecular flexibility index (Phi) is 5.44. The van der Waals surface area contributed by atoms with Gasteiger partial charge in [-0.1, -0.05) is 30.3 Å². The van der Waals surface area contributed by atoms with Crippen molar-refractivity contribution in [3.63, 3.8) is 0 Å². The zero-order valence-corrected chi connectivity index (χ0v) is 18.6. The molecule has 1 heterocycles. The molecule has 0 aliphatic rings. The minimum absolute atomic E-state index is 0.0533. The predicted octanol–water partition coefficient (Wildman–Crippen LogP) is 4.80. The van der Waals surface area contributed by atoms with E-state index in [4.69, 9.17) is 4.42 Å². The molecule has 7 heteroatoms. The summed E-state index contributed by atoms with van der Waals surface area (Å²) in [6, 6.07) is 18.2. The predicted molar refractivity (Wildman–Crippen MR) is 123 cm³/mol. The van der Waals surface area contributed by atoms with Crippen LogP contribution in [0.25, 0.3) is 11.0 Å². The van der Waals surface area contributed by atoms with Crippen LogP contribution in [0.1, 0.15) is 27.0 Å². The summed E-state index contributed by atoms with van der Waals surface area (Å²) in [5, 5.41) is 3.18. The molecule has 0 unspecified atom stereocenters. The lowest BCUT2D eigenvalue weighted by Crippen LogP contribution is -2.16. The van der Waals surface area contributed by atoms with Crippen LogP contribution >= 0.6 is 0 Å². The van der Waals surface area contributed by atoms with Crippen LogP contribution in [-0.4, -0.2) is 14.3 Å². The molecule has 4 rings (SSSR count). The topological polar surface area (TPSA) is 93.4 Å². The molecule has 6 nitrogen and oxygen atoms in total. The van der Waals surface area contributed by atoms with Gasteiger partial charge in [0.2, 0.25) is 9.84 Å². The zero-order valence-electron chi connectivity index (χ0n) is 17.8. The summed E-state index contributed by atoms with van der Waals surface area (Å²) in [5.74, 6) is -0.355. The van der Waals surface area contributed by atoms with E-state index in [1.54, 1.807) is 32.0 Å². The molecule has 4 aromatic rings. The van der Waals surface area contributed by atoms with Crippen molar-refractivity contribution < 1.29 is 17.6 Å². The van der Waals surface area contributed by atoms with Crippen molar-refractivity contribution in [3.05, 3.63) is 99.4 Å². The Morgan fingerprint density at radius 2 is 1.59 bits per heavy atom. The lowest BCUT2D eigenvalue weighted by Gasteiger charge is -2.10. The Hall–Kier alpha value is -3.71. The quantitative estimate of drug-likeness (QED) is 0.454. The number of nitrogens with one attached hydrogen (secondary N) is 1. The summed E-state index contributed by atoms with van der Waals surface area (Å²) in [6.45, 7) is 5.33. The molecule has 3 aromatic carbocycles. The smallest absolute Gasteiger partial charge is 0.355 e. The van der Waals surface area contributed by atoms with E-state index in [1.165, 1.54) is 30.3 Å². The van der Waals surface area contributed by atoms with Gasteiger partial charge in [0, 0.05) is 16.6 Å². The molecule has 32 heavy (non-hydrogen) atoms. The number of fused-ring (bicyclic) bond motifs is 1. The van der Waals surface area contributed by atoms with Gasteiger partial charge >= 0.3 is 5.63 Å². The summed E-state index contributed by atoms with van der Waals surface area (Å²) >= 11 is 0. The van der Waals surface area contributed by atoms with Gasteiger partial charge in [-0.05, 0) is 73.9 Å². The van der Waals surface area contributed by atoms with Gasteiger partial charge < -0.3 is 9.73 Å². The second-order valence-electron chi connectivity index (χ2n) is 7.69. The number of hydrogen-bond donors (Lipinski definition) is 1. The van der Waals surface area contributed by atoms with E-state index in [1.807, 2.05) is 25.1 Å². The highest BCUT2D eigenvalue weighted by molar-refractivity contribution is 7.91. The lowest BCUT2D eigenvalue weighted by molar-refractivity contribution is 0.102. The Morgan fingerprint density at radius 1 is 0.844 bits per heavy atom. The standard InChI is InChI=1S/C25H21NO5S/c1-15-8-9-17(3)22(12-15)32(29,30)23-14-19-13-18(10-11-21(19)31-25(23)28)24(27)26-20-7-5-4-6-16(20)2/h4-14H,1-3H3,(H,26,27). The van der Waals surface area contributed by atoms with Crippen LogP contribution < -0.4 is 10.9 Å². The normalized spacial score (nSPS) is 11.5. The maximum absolute atomic E-state index is 13.2. The van der Waals surface area contributed by atoms with Crippen molar-refractivity contribution in [3.8, 4) is 0 Å². The monoisotopic (exact) mass is 447 g/mol. The number of rotatable bonds is 4. The zero-order chi connectivity index (χ0) is 23.0. The van der Waals surface area contributed by atoms with Crippen LogP contribution in [-0.2, 0) is 9.84 Å². The fraction of sp³-hybridized carbons (Fsp3) is 0.120. The molecular weight excluding hydrogens is 426 g/mol. The van der Waals surface area contributed by atoms with E-state index in [-0.39, 0.29) is 16.4 Å². The molecule has 0 aliphatic carbocycles. The molecule has 162 valence electrons. The van der Waals surface area contributed by atoms with E-state index in [2.05, 4.69) is 5.32 Å². The summed E-state index contributed by atoms with van der Waals surface area (Å²) in [5.41, 5.74) is 2.43. The highest BCUT2D eigenvalue weighted by Gasteiger charge is 2.25. The number of carbonyl (C=O) groups is 1. The van der Waals surface area contributed by atoms with E-state index in [9.17, 15) is 18.0 Å². The van der Waals surface area contributed by atoms with E-state index in [0.717, 1.165) is 11.1 Å². The number of sulfone groups is 1. The van der Waals surface area contributed by atoms with Crippen molar-refractivity contribution in [1.29, 1.82) is 0 Å². The number of hydrogen-bond acceptors (Lipinski definition) is 5. The van der Waals surface area contributed by atoms with Gasteiger partial charge in [-0.2, -0.15) is 0 Å². The fourth-order valence-electron chi connectivity index (χ4n) is 3.46. The number of para-hydroxylation sites is 1. The van der Waals surface area contributed by atoms with Crippen molar-refractivity contribution >= 4 is 32.4 Å². The maximum Gasteiger partial charge on any atom is 0.355 e. The minimum Gasteiger partial charge on any atom is -0.422 e. The highest BCUT2D eigenvalue weighted by atomic mass is 32.2. The lowest BCUT2D eigenvalue weighted by atomic mass is 10.1. The number of anilines is 1. The maximum atomic E-state index is 13.2. The first-order valence-corrected chi connectivity index (χ1v) is 11.4. The Morgan fingerprint density at radius 3 is 2.34 bits per heavy atom. The molecule has 0 aliphatic heterocycles. The van der Waals surface area contributed by atoms with E-state index >= 15 is 0 Å². The van der Waals surface area contributed by atoms with Gasteiger partial charge in [-0.15, -0.1) is 0 Å². The second kappa shape index (κ2) is 8.09. The van der Waals surface area contributed by atoms with Crippen molar-refractivity contribution in [2.75, 3.05) is 5.32 Å². The first-order chi connectivity index (χ1) is 15.2. The summed E-state index contributed by atoms with van der Waals surface area (Å²) < 4.78 is 31.7. The average molecular weight is 448 g/mol. The number of carbonyl (C=O) groups excluding carboxylic acids is 1. The summed E-state index contributed by atoms with van der Waals surface area (Å²) in [4.78, 5) is 24.9. The minimum atomic E-state index is -4.11. The molecule has 1 N–H and O–H groups in total. The van der Waals surface area contributed by atoms with Crippen LogP contribution in [0.5, 0.6) is 0 Å². The third kappa shape index (κ3) is 3.94. The van der Waals surface area contributed by atoms with Crippen molar-refractivity contribution in [2.45, 2.75) is 30.6 Å². The fourth-order valence-corrected chi connectivity index (χ4v) is 5.07. The van der Waals surface area contributed by atoms with Crippen LogP contribution in [0, 0.1) is 20.8 Å².